The van der Waals surface area contributed by atoms with E-state index in [1.807, 2.05) is 36.4 Å². The van der Waals surface area contributed by atoms with Gasteiger partial charge in [0.1, 0.15) is 0 Å². The van der Waals surface area contributed by atoms with Crippen LogP contribution in [0.3, 0.4) is 0 Å². The van der Waals surface area contributed by atoms with Crippen molar-refractivity contribution in [2.45, 2.75) is 23.8 Å². The van der Waals surface area contributed by atoms with Gasteiger partial charge in [0.25, 0.3) is 5.22 Å². The van der Waals surface area contributed by atoms with Crippen molar-refractivity contribution in [3.63, 3.8) is 0 Å². The molecular formula is C19H16N4O2S. The molecule has 1 atom stereocenters. The van der Waals surface area contributed by atoms with Crippen molar-refractivity contribution in [2.75, 3.05) is 5.32 Å². The van der Waals surface area contributed by atoms with Crippen LogP contribution in [0.15, 0.2) is 64.2 Å². The van der Waals surface area contributed by atoms with Crippen LogP contribution in [0, 0.1) is 11.3 Å². The highest BCUT2D eigenvalue weighted by Crippen LogP contribution is 2.23. The van der Waals surface area contributed by atoms with Crippen LogP contribution in [-0.2, 0) is 11.2 Å². The van der Waals surface area contributed by atoms with Crippen LogP contribution in [0.5, 0.6) is 0 Å². The summed E-state index contributed by atoms with van der Waals surface area (Å²) in [6.07, 6.45) is 0.556. The molecule has 0 aliphatic heterocycles. The zero-order valence-corrected chi connectivity index (χ0v) is 14.9. The van der Waals surface area contributed by atoms with E-state index in [0.29, 0.717) is 28.8 Å². The van der Waals surface area contributed by atoms with E-state index < -0.39 is 5.25 Å². The molecule has 0 fully saturated rings. The molecule has 2 aromatic carbocycles. The van der Waals surface area contributed by atoms with E-state index in [4.69, 9.17) is 9.68 Å². The monoisotopic (exact) mass is 364 g/mol. The van der Waals surface area contributed by atoms with E-state index in [9.17, 15) is 4.79 Å². The van der Waals surface area contributed by atoms with E-state index >= 15 is 0 Å². The number of thioether (sulfide) groups is 1. The average molecular weight is 364 g/mol. The fourth-order valence-electron chi connectivity index (χ4n) is 2.20. The van der Waals surface area contributed by atoms with Crippen LogP contribution in [0.4, 0.5) is 5.69 Å². The molecule has 0 bridgehead atoms. The number of hydrogen-bond acceptors (Lipinski definition) is 6. The highest BCUT2D eigenvalue weighted by atomic mass is 32.2. The zero-order chi connectivity index (χ0) is 18.4. The maximum Gasteiger partial charge on any atom is 0.277 e. The van der Waals surface area contributed by atoms with Crippen molar-refractivity contribution >= 4 is 23.4 Å². The topological polar surface area (TPSA) is 91.8 Å². The maximum atomic E-state index is 12.3. The molecule has 1 amide bonds. The van der Waals surface area contributed by atoms with Crippen molar-refractivity contribution in [3.05, 3.63) is 71.6 Å². The highest BCUT2D eigenvalue weighted by Gasteiger charge is 2.18. The number of benzene rings is 2. The molecule has 1 heterocycles. The number of nitriles is 1. The summed E-state index contributed by atoms with van der Waals surface area (Å²) >= 11 is 1.21. The molecule has 0 saturated carbocycles. The molecule has 0 aliphatic rings. The van der Waals surface area contributed by atoms with Gasteiger partial charge in [-0.05, 0) is 36.8 Å². The first-order valence-electron chi connectivity index (χ1n) is 7.98. The largest absolute Gasteiger partial charge is 0.416 e. The summed E-state index contributed by atoms with van der Waals surface area (Å²) in [7, 11) is 0. The lowest BCUT2D eigenvalue weighted by molar-refractivity contribution is -0.115. The van der Waals surface area contributed by atoms with Crippen molar-refractivity contribution in [1.82, 2.24) is 10.2 Å². The second-order valence-electron chi connectivity index (χ2n) is 5.56. The first-order valence-corrected chi connectivity index (χ1v) is 8.86. The molecule has 1 N–H and O–H groups in total. The number of nitrogens with one attached hydrogen (secondary N) is 1. The first kappa shape index (κ1) is 17.7. The van der Waals surface area contributed by atoms with Crippen LogP contribution >= 0.6 is 11.8 Å². The van der Waals surface area contributed by atoms with Gasteiger partial charge in [-0.15, -0.1) is 10.2 Å². The molecule has 3 rings (SSSR count). The smallest absolute Gasteiger partial charge is 0.277 e. The Labute approximate surface area is 155 Å². The Morgan fingerprint density at radius 1 is 1.19 bits per heavy atom. The van der Waals surface area contributed by atoms with Gasteiger partial charge in [-0.3, -0.25) is 4.79 Å². The number of amides is 1. The second-order valence-corrected chi connectivity index (χ2v) is 6.85. The molecule has 0 radical (unpaired) electrons. The predicted octanol–water partition coefficient (Wildman–Crippen LogP) is 3.65. The SMILES string of the molecule is C[C@@H](Sc1nnc(Cc2ccccc2)o1)C(=O)Nc1ccc(C#N)cc1. The molecule has 0 unspecified atom stereocenters. The lowest BCUT2D eigenvalue weighted by Gasteiger charge is -2.09. The van der Waals surface area contributed by atoms with Crippen LogP contribution in [-0.4, -0.2) is 21.4 Å². The molecule has 130 valence electrons. The fraction of sp³-hybridized carbons (Fsp3) is 0.158. The van der Waals surface area contributed by atoms with Crippen molar-refractivity contribution < 1.29 is 9.21 Å². The van der Waals surface area contributed by atoms with Gasteiger partial charge in [0, 0.05) is 5.69 Å². The van der Waals surface area contributed by atoms with Crippen molar-refractivity contribution in [2.24, 2.45) is 0 Å². The maximum absolute atomic E-state index is 12.3. The third-order valence-electron chi connectivity index (χ3n) is 3.57. The minimum absolute atomic E-state index is 0.178. The molecule has 3 aromatic rings. The summed E-state index contributed by atoms with van der Waals surface area (Å²) in [5.74, 6) is 0.334. The number of nitrogens with zero attached hydrogens (tertiary/aromatic N) is 3. The summed E-state index contributed by atoms with van der Waals surface area (Å²) in [6.45, 7) is 1.77. The molecule has 1 aromatic heterocycles. The van der Waals surface area contributed by atoms with E-state index in [-0.39, 0.29) is 5.91 Å². The Kier molecular flexibility index (Phi) is 5.66. The van der Waals surface area contributed by atoms with Gasteiger partial charge in [0.15, 0.2) is 0 Å². The van der Waals surface area contributed by atoms with Gasteiger partial charge in [-0.1, -0.05) is 42.1 Å². The molecule has 0 aliphatic carbocycles. The average Bonchev–Trinajstić information content (AvgIpc) is 3.10. The summed E-state index contributed by atoms with van der Waals surface area (Å²) in [5, 5.41) is 19.6. The highest BCUT2D eigenvalue weighted by molar-refractivity contribution is 8.00. The lowest BCUT2D eigenvalue weighted by Crippen LogP contribution is -2.22. The van der Waals surface area contributed by atoms with E-state index in [0.717, 1.165) is 5.56 Å². The van der Waals surface area contributed by atoms with Crippen molar-refractivity contribution in [1.29, 1.82) is 5.26 Å². The number of carbonyl (C=O) groups is 1. The Morgan fingerprint density at radius 2 is 1.92 bits per heavy atom. The normalized spacial score (nSPS) is 11.5. The second kappa shape index (κ2) is 8.32. The summed E-state index contributed by atoms with van der Waals surface area (Å²) in [6, 6.07) is 18.6. The van der Waals surface area contributed by atoms with Gasteiger partial charge in [0.2, 0.25) is 11.8 Å². The van der Waals surface area contributed by atoms with Crippen LogP contribution in [0.25, 0.3) is 0 Å². The van der Waals surface area contributed by atoms with Gasteiger partial charge in [-0.2, -0.15) is 5.26 Å². The van der Waals surface area contributed by atoms with E-state index in [2.05, 4.69) is 15.5 Å². The Balaban J connectivity index is 1.56. The third-order valence-corrected chi connectivity index (χ3v) is 4.51. The Bertz CT molecular complexity index is 917. The third kappa shape index (κ3) is 4.71. The van der Waals surface area contributed by atoms with Crippen LogP contribution < -0.4 is 5.32 Å². The fourth-order valence-corrected chi connectivity index (χ4v) is 2.91. The van der Waals surface area contributed by atoms with E-state index in [1.165, 1.54) is 11.8 Å². The number of hydrogen-bond donors (Lipinski definition) is 1. The lowest BCUT2D eigenvalue weighted by atomic mass is 10.2. The number of rotatable bonds is 6. The van der Waals surface area contributed by atoms with E-state index in [1.54, 1.807) is 31.2 Å². The minimum Gasteiger partial charge on any atom is -0.416 e. The number of aromatic nitrogens is 2. The Morgan fingerprint density at radius 3 is 2.62 bits per heavy atom. The zero-order valence-electron chi connectivity index (χ0n) is 14.0. The van der Waals surface area contributed by atoms with Crippen LogP contribution in [0.1, 0.15) is 23.9 Å². The molecular weight excluding hydrogens is 348 g/mol. The molecule has 7 heteroatoms. The van der Waals surface area contributed by atoms with Gasteiger partial charge < -0.3 is 9.73 Å². The number of anilines is 1. The minimum atomic E-state index is -0.407. The number of carbonyl (C=O) groups excluding carboxylic acids is 1. The Hall–Kier alpha value is -3.11. The van der Waals surface area contributed by atoms with Gasteiger partial charge >= 0.3 is 0 Å². The molecule has 6 nitrogen and oxygen atoms in total. The summed E-state index contributed by atoms with van der Waals surface area (Å²) in [4.78, 5) is 12.3. The molecule has 0 spiro atoms. The van der Waals surface area contributed by atoms with Crippen LogP contribution in [0.2, 0.25) is 0 Å². The molecule has 26 heavy (non-hydrogen) atoms. The molecule has 0 saturated heterocycles. The quantitative estimate of drug-likeness (QED) is 0.671. The standard InChI is InChI=1S/C19H16N4O2S/c1-13(18(24)21-16-9-7-15(12-20)8-10-16)26-19-23-22-17(25-19)11-14-5-3-2-4-6-14/h2-10,13H,11H2,1H3,(H,21,24)/t13-/m1/s1. The summed E-state index contributed by atoms with van der Waals surface area (Å²) < 4.78 is 5.61. The summed E-state index contributed by atoms with van der Waals surface area (Å²) in [5.41, 5.74) is 2.26. The van der Waals surface area contributed by atoms with Crippen molar-refractivity contribution in [3.8, 4) is 6.07 Å². The van der Waals surface area contributed by atoms with Gasteiger partial charge in [-0.25, -0.2) is 0 Å². The first-order chi connectivity index (χ1) is 12.6. The van der Waals surface area contributed by atoms with Gasteiger partial charge in [0.05, 0.1) is 23.3 Å². The predicted molar refractivity (Wildman–Crippen MR) is 98.7 cm³/mol.